The Hall–Kier alpha value is -0.870. The van der Waals surface area contributed by atoms with Crippen molar-refractivity contribution >= 4 is 11.6 Å². The zero-order valence-electron chi connectivity index (χ0n) is 11.8. The normalized spacial score (nSPS) is 20.6. The van der Waals surface area contributed by atoms with E-state index in [-0.39, 0.29) is 24.8 Å². The lowest BCUT2D eigenvalue weighted by atomic mass is 9.79. The third-order valence-electron chi connectivity index (χ3n) is 4.08. The van der Waals surface area contributed by atoms with E-state index in [9.17, 15) is 8.78 Å². The molecule has 0 amide bonds. The van der Waals surface area contributed by atoms with Gasteiger partial charge in [0.1, 0.15) is 5.75 Å². The number of hydrogen-bond donors (Lipinski definition) is 1. The molecule has 1 atom stereocenters. The first-order chi connectivity index (χ1) is 9.46. The van der Waals surface area contributed by atoms with E-state index in [0.29, 0.717) is 23.6 Å². The lowest BCUT2D eigenvalue weighted by molar-refractivity contribution is -0.0495. The first kappa shape index (κ1) is 15.5. The lowest BCUT2D eigenvalue weighted by Gasteiger charge is -2.34. The van der Waals surface area contributed by atoms with Gasteiger partial charge < -0.3 is 10.1 Å². The molecule has 2 nitrogen and oxygen atoms in total. The van der Waals surface area contributed by atoms with Crippen LogP contribution in [0.5, 0.6) is 5.75 Å². The van der Waals surface area contributed by atoms with E-state index >= 15 is 0 Å². The molecule has 1 fully saturated rings. The largest absolute Gasteiger partial charge is 0.495 e. The molecular weight excluding hydrogens is 284 g/mol. The Labute approximate surface area is 123 Å². The Balaban J connectivity index is 2.16. The minimum Gasteiger partial charge on any atom is -0.495 e. The molecule has 1 aromatic rings. The molecule has 1 aliphatic rings. The average molecular weight is 304 g/mol. The van der Waals surface area contributed by atoms with E-state index in [2.05, 4.69) is 5.32 Å². The van der Waals surface area contributed by atoms with Crippen molar-refractivity contribution in [2.75, 3.05) is 14.2 Å². The van der Waals surface area contributed by atoms with Crippen molar-refractivity contribution in [3.05, 3.63) is 28.8 Å². The number of nitrogens with one attached hydrogen (secondary N) is 1. The predicted molar refractivity (Wildman–Crippen MR) is 76.7 cm³/mol. The molecule has 0 radical (unpaired) electrons. The predicted octanol–water partition coefficient (Wildman–Crippen LogP) is 4.43. The molecule has 5 heteroatoms. The van der Waals surface area contributed by atoms with Crippen molar-refractivity contribution in [1.29, 1.82) is 0 Å². The Kier molecular flexibility index (Phi) is 4.86. The zero-order valence-corrected chi connectivity index (χ0v) is 12.5. The van der Waals surface area contributed by atoms with Crippen LogP contribution >= 0.6 is 11.6 Å². The van der Waals surface area contributed by atoms with Gasteiger partial charge in [-0.3, -0.25) is 0 Å². The van der Waals surface area contributed by atoms with Crippen LogP contribution in [-0.4, -0.2) is 20.1 Å². The molecule has 1 saturated carbocycles. The summed E-state index contributed by atoms with van der Waals surface area (Å²) in [6, 6.07) is 5.66. The van der Waals surface area contributed by atoms with Crippen LogP contribution in [0.2, 0.25) is 5.02 Å². The smallest absolute Gasteiger partial charge is 0.248 e. The van der Waals surface area contributed by atoms with Crippen molar-refractivity contribution in [1.82, 2.24) is 5.32 Å². The van der Waals surface area contributed by atoms with Crippen molar-refractivity contribution in [2.24, 2.45) is 5.92 Å². The molecular formula is C15H20ClF2NO. The standard InChI is InChI=1S/C15H20ClF2NO/c1-19-14(10-5-7-15(17,18)8-6-10)11-3-4-12(16)13(9-11)20-2/h3-4,9-10,14,19H,5-8H2,1-2H3. The van der Waals surface area contributed by atoms with Gasteiger partial charge in [0.15, 0.2) is 0 Å². The van der Waals surface area contributed by atoms with Gasteiger partial charge in [0, 0.05) is 18.9 Å². The van der Waals surface area contributed by atoms with Crippen LogP contribution in [0.15, 0.2) is 18.2 Å². The molecule has 2 rings (SSSR count). The fourth-order valence-corrected chi connectivity index (χ4v) is 3.13. The van der Waals surface area contributed by atoms with Crippen LogP contribution in [0.1, 0.15) is 37.3 Å². The highest BCUT2D eigenvalue weighted by Gasteiger charge is 2.37. The molecule has 112 valence electrons. The van der Waals surface area contributed by atoms with Gasteiger partial charge in [0.2, 0.25) is 5.92 Å². The Morgan fingerprint density at radius 2 is 2.00 bits per heavy atom. The van der Waals surface area contributed by atoms with Crippen LogP contribution in [0.4, 0.5) is 8.78 Å². The van der Waals surface area contributed by atoms with Gasteiger partial charge in [-0.25, -0.2) is 8.78 Å². The highest BCUT2D eigenvalue weighted by atomic mass is 35.5. The molecule has 0 aliphatic heterocycles. The van der Waals surface area contributed by atoms with Gasteiger partial charge in [0.25, 0.3) is 0 Å². The minimum atomic E-state index is -2.49. The summed E-state index contributed by atoms with van der Waals surface area (Å²) in [5.41, 5.74) is 1.03. The van der Waals surface area contributed by atoms with Gasteiger partial charge in [-0.2, -0.15) is 0 Å². The van der Waals surface area contributed by atoms with Gasteiger partial charge in [0.05, 0.1) is 12.1 Å². The summed E-state index contributed by atoms with van der Waals surface area (Å²) in [6.07, 6.45) is 1.01. The summed E-state index contributed by atoms with van der Waals surface area (Å²) in [5.74, 6) is -1.66. The van der Waals surface area contributed by atoms with Gasteiger partial charge in [-0.15, -0.1) is 0 Å². The number of hydrogen-bond acceptors (Lipinski definition) is 2. The van der Waals surface area contributed by atoms with Gasteiger partial charge in [-0.05, 0) is 43.5 Å². The quantitative estimate of drug-likeness (QED) is 0.888. The molecule has 0 heterocycles. The van der Waals surface area contributed by atoms with Crippen LogP contribution < -0.4 is 10.1 Å². The van der Waals surface area contributed by atoms with Crippen molar-refractivity contribution in [3.63, 3.8) is 0 Å². The molecule has 1 unspecified atom stereocenters. The maximum absolute atomic E-state index is 13.3. The Morgan fingerprint density at radius 3 is 2.55 bits per heavy atom. The fourth-order valence-electron chi connectivity index (χ4n) is 2.94. The summed E-state index contributed by atoms with van der Waals surface area (Å²) in [7, 11) is 3.43. The Morgan fingerprint density at radius 1 is 1.35 bits per heavy atom. The number of halogens is 3. The number of benzene rings is 1. The number of alkyl halides is 2. The van der Waals surface area contributed by atoms with Crippen LogP contribution in [-0.2, 0) is 0 Å². The number of methoxy groups -OCH3 is 1. The molecule has 1 aromatic carbocycles. The molecule has 20 heavy (non-hydrogen) atoms. The van der Waals surface area contributed by atoms with E-state index in [1.165, 1.54) is 0 Å². The van der Waals surface area contributed by atoms with E-state index in [1.54, 1.807) is 13.2 Å². The third kappa shape index (κ3) is 3.41. The van der Waals surface area contributed by atoms with Crippen molar-refractivity contribution < 1.29 is 13.5 Å². The topological polar surface area (TPSA) is 21.3 Å². The summed E-state index contributed by atoms with van der Waals surface area (Å²) in [4.78, 5) is 0. The first-order valence-electron chi connectivity index (χ1n) is 6.85. The lowest BCUT2D eigenvalue weighted by Crippen LogP contribution is -2.32. The summed E-state index contributed by atoms with van der Waals surface area (Å²) in [6.45, 7) is 0. The molecule has 0 aromatic heterocycles. The maximum Gasteiger partial charge on any atom is 0.248 e. The van der Waals surface area contributed by atoms with E-state index < -0.39 is 5.92 Å². The molecule has 1 N–H and O–H groups in total. The first-order valence-corrected chi connectivity index (χ1v) is 7.23. The second-order valence-electron chi connectivity index (χ2n) is 5.35. The summed E-state index contributed by atoms with van der Waals surface area (Å²) < 4.78 is 31.7. The van der Waals surface area contributed by atoms with Crippen LogP contribution in [0.3, 0.4) is 0 Å². The fraction of sp³-hybridized carbons (Fsp3) is 0.600. The monoisotopic (exact) mass is 303 g/mol. The molecule has 0 bridgehead atoms. The average Bonchev–Trinajstić information content (AvgIpc) is 2.43. The SMILES string of the molecule is CNC(c1ccc(Cl)c(OC)c1)C1CCC(F)(F)CC1. The zero-order chi connectivity index (χ0) is 14.8. The van der Waals surface area contributed by atoms with Gasteiger partial charge >= 0.3 is 0 Å². The highest BCUT2D eigenvalue weighted by Crippen LogP contribution is 2.42. The van der Waals surface area contributed by atoms with E-state index in [4.69, 9.17) is 16.3 Å². The minimum absolute atomic E-state index is 0.0272. The molecule has 1 aliphatic carbocycles. The van der Waals surface area contributed by atoms with E-state index in [0.717, 1.165) is 5.56 Å². The molecule has 0 saturated heterocycles. The van der Waals surface area contributed by atoms with Crippen molar-refractivity contribution in [3.8, 4) is 5.75 Å². The summed E-state index contributed by atoms with van der Waals surface area (Å²) >= 11 is 6.02. The van der Waals surface area contributed by atoms with Crippen LogP contribution in [0.25, 0.3) is 0 Å². The van der Waals surface area contributed by atoms with Gasteiger partial charge in [-0.1, -0.05) is 17.7 Å². The second-order valence-corrected chi connectivity index (χ2v) is 5.76. The Bertz CT molecular complexity index is 457. The molecule has 0 spiro atoms. The van der Waals surface area contributed by atoms with Crippen LogP contribution in [0, 0.1) is 5.92 Å². The second kappa shape index (κ2) is 6.27. The highest BCUT2D eigenvalue weighted by molar-refractivity contribution is 6.32. The number of rotatable bonds is 4. The van der Waals surface area contributed by atoms with E-state index in [1.807, 2.05) is 19.2 Å². The number of ether oxygens (including phenoxy) is 1. The third-order valence-corrected chi connectivity index (χ3v) is 4.39. The summed E-state index contributed by atoms with van der Waals surface area (Å²) in [5, 5.41) is 3.80. The van der Waals surface area contributed by atoms with Crippen molar-refractivity contribution in [2.45, 2.75) is 37.6 Å². The maximum atomic E-state index is 13.3.